The summed E-state index contributed by atoms with van der Waals surface area (Å²) in [5.41, 5.74) is 6.46. The second-order valence-corrected chi connectivity index (χ2v) is 4.80. The summed E-state index contributed by atoms with van der Waals surface area (Å²) in [5, 5.41) is 29.5. The number of fused-ring (bicyclic) bond motifs is 1. The molecular weight excluding hydrogens is 266 g/mol. The molecule has 20 heavy (non-hydrogen) atoms. The predicted molar refractivity (Wildman–Crippen MR) is 67.3 cm³/mol. The highest BCUT2D eigenvalue weighted by Gasteiger charge is 2.46. The molecule has 5 N–H and O–H groups in total. The standard InChI is InChI=1S/C11H15N5O4/c1-4(17)8-6(18)7(19)11(20-8)16-3-15-5-9(12)13-2-14-10(5)16/h2-4,6-8,11,17-19H,1H3,(H2,12,13,14)/t4-,6+,7-,8-,11-/m1/s1. The molecule has 1 fully saturated rings. The first-order valence-electron chi connectivity index (χ1n) is 6.13. The SMILES string of the molecule is C[C@@H](O)[C@H]1O[C@@H](n2cnc3c(N)ncnc32)[C@H](O)[C@@H]1O. The van der Waals surface area contributed by atoms with Crippen LogP contribution in [-0.2, 0) is 4.74 Å². The summed E-state index contributed by atoms with van der Waals surface area (Å²) in [6, 6.07) is 0. The van der Waals surface area contributed by atoms with E-state index in [-0.39, 0.29) is 5.82 Å². The van der Waals surface area contributed by atoms with Gasteiger partial charge in [-0.3, -0.25) is 4.57 Å². The average molecular weight is 281 g/mol. The highest BCUT2D eigenvalue weighted by Crippen LogP contribution is 2.33. The number of hydrogen-bond acceptors (Lipinski definition) is 8. The summed E-state index contributed by atoms with van der Waals surface area (Å²) in [5.74, 6) is 0.217. The Labute approximate surface area is 113 Å². The Kier molecular flexibility index (Phi) is 3.05. The molecule has 2 aromatic heterocycles. The van der Waals surface area contributed by atoms with E-state index in [1.165, 1.54) is 24.1 Å². The number of rotatable bonds is 2. The van der Waals surface area contributed by atoms with Crippen molar-refractivity contribution in [2.75, 3.05) is 5.73 Å². The molecule has 0 spiro atoms. The van der Waals surface area contributed by atoms with E-state index in [0.29, 0.717) is 11.2 Å². The number of aliphatic hydroxyl groups is 3. The maximum absolute atomic E-state index is 10.1. The van der Waals surface area contributed by atoms with Gasteiger partial charge in [0.2, 0.25) is 0 Å². The number of nitrogen functional groups attached to an aromatic ring is 1. The van der Waals surface area contributed by atoms with Gasteiger partial charge in [-0.2, -0.15) is 0 Å². The largest absolute Gasteiger partial charge is 0.391 e. The fraction of sp³-hybridized carbons (Fsp3) is 0.545. The van der Waals surface area contributed by atoms with Crippen molar-refractivity contribution in [3.63, 3.8) is 0 Å². The van der Waals surface area contributed by atoms with E-state index >= 15 is 0 Å². The smallest absolute Gasteiger partial charge is 0.167 e. The zero-order valence-corrected chi connectivity index (χ0v) is 10.7. The van der Waals surface area contributed by atoms with Crippen molar-refractivity contribution in [1.29, 1.82) is 0 Å². The van der Waals surface area contributed by atoms with Crippen molar-refractivity contribution in [2.24, 2.45) is 0 Å². The van der Waals surface area contributed by atoms with Gasteiger partial charge in [0.05, 0.1) is 12.4 Å². The second-order valence-electron chi connectivity index (χ2n) is 4.80. The van der Waals surface area contributed by atoms with E-state index in [2.05, 4.69) is 15.0 Å². The van der Waals surface area contributed by atoms with Crippen LogP contribution in [0.5, 0.6) is 0 Å². The number of aromatic nitrogens is 4. The lowest BCUT2D eigenvalue weighted by molar-refractivity contribution is -0.0777. The van der Waals surface area contributed by atoms with Gasteiger partial charge in [0.15, 0.2) is 17.7 Å². The number of nitrogens with zero attached hydrogens (tertiary/aromatic N) is 4. The molecule has 0 unspecified atom stereocenters. The molecule has 9 heteroatoms. The van der Waals surface area contributed by atoms with Crippen molar-refractivity contribution in [3.05, 3.63) is 12.7 Å². The highest BCUT2D eigenvalue weighted by atomic mass is 16.6. The van der Waals surface area contributed by atoms with E-state index < -0.39 is 30.6 Å². The van der Waals surface area contributed by atoms with Gasteiger partial charge in [0.25, 0.3) is 0 Å². The van der Waals surface area contributed by atoms with Crippen molar-refractivity contribution in [3.8, 4) is 0 Å². The van der Waals surface area contributed by atoms with Gasteiger partial charge in [0.1, 0.15) is 30.2 Å². The van der Waals surface area contributed by atoms with Gasteiger partial charge in [-0.25, -0.2) is 15.0 Å². The monoisotopic (exact) mass is 281 g/mol. The fourth-order valence-electron chi connectivity index (χ4n) is 2.37. The first-order chi connectivity index (χ1) is 9.50. The van der Waals surface area contributed by atoms with Gasteiger partial charge < -0.3 is 25.8 Å². The summed E-state index contributed by atoms with van der Waals surface area (Å²) in [6.07, 6.45) is -2.42. The summed E-state index contributed by atoms with van der Waals surface area (Å²) in [7, 11) is 0. The van der Waals surface area contributed by atoms with Crippen molar-refractivity contribution in [2.45, 2.75) is 37.6 Å². The Morgan fingerprint density at radius 2 is 2.05 bits per heavy atom. The Balaban J connectivity index is 2.02. The summed E-state index contributed by atoms with van der Waals surface area (Å²) < 4.78 is 6.97. The molecular formula is C11H15N5O4. The molecule has 5 atom stereocenters. The molecule has 0 saturated carbocycles. The molecule has 0 radical (unpaired) electrons. The Bertz CT molecular complexity index is 630. The van der Waals surface area contributed by atoms with Crippen molar-refractivity contribution < 1.29 is 20.1 Å². The highest BCUT2D eigenvalue weighted by molar-refractivity contribution is 5.81. The van der Waals surface area contributed by atoms with Gasteiger partial charge in [-0.15, -0.1) is 0 Å². The minimum Gasteiger partial charge on any atom is -0.391 e. The maximum atomic E-state index is 10.1. The van der Waals surface area contributed by atoms with Crippen LogP contribution in [0, 0.1) is 0 Å². The normalized spacial score (nSPS) is 31.8. The van der Waals surface area contributed by atoms with Crippen LogP contribution in [0.3, 0.4) is 0 Å². The lowest BCUT2D eigenvalue weighted by Crippen LogP contribution is -2.37. The van der Waals surface area contributed by atoms with Crippen molar-refractivity contribution in [1.82, 2.24) is 19.5 Å². The molecule has 3 heterocycles. The topological polar surface area (TPSA) is 140 Å². The summed E-state index contributed by atoms with van der Waals surface area (Å²) >= 11 is 0. The number of anilines is 1. The number of nitrogens with two attached hydrogens (primary N) is 1. The second kappa shape index (κ2) is 4.63. The molecule has 1 aliphatic heterocycles. The Morgan fingerprint density at radius 1 is 1.30 bits per heavy atom. The lowest BCUT2D eigenvalue weighted by atomic mass is 10.1. The number of hydrogen-bond donors (Lipinski definition) is 4. The third-order valence-electron chi connectivity index (χ3n) is 3.41. The van der Waals surface area contributed by atoms with E-state index in [0.717, 1.165) is 0 Å². The number of aliphatic hydroxyl groups excluding tert-OH is 3. The summed E-state index contributed by atoms with van der Waals surface area (Å²) in [4.78, 5) is 11.9. The molecule has 3 rings (SSSR count). The Hall–Kier alpha value is -1.81. The number of imidazole rings is 1. The molecule has 2 aromatic rings. The van der Waals surface area contributed by atoms with E-state index in [1.54, 1.807) is 0 Å². The minimum atomic E-state index is -1.21. The zero-order valence-electron chi connectivity index (χ0n) is 10.7. The predicted octanol–water partition coefficient (Wildman–Crippen LogP) is -1.59. The molecule has 0 aromatic carbocycles. The first-order valence-corrected chi connectivity index (χ1v) is 6.13. The zero-order chi connectivity index (χ0) is 14.4. The quantitative estimate of drug-likeness (QED) is 0.516. The van der Waals surface area contributed by atoms with Crippen LogP contribution in [0.25, 0.3) is 11.2 Å². The fourth-order valence-corrected chi connectivity index (χ4v) is 2.37. The van der Waals surface area contributed by atoms with Crippen LogP contribution in [-0.4, -0.2) is 59.3 Å². The third-order valence-corrected chi connectivity index (χ3v) is 3.41. The van der Waals surface area contributed by atoms with E-state index in [9.17, 15) is 15.3 Å². The molecule has 0 aliphatic carbocycles. The van der Waals surface area contributed by atoms with Crippen LogP contribution >= 0.6 is 0 Å². The van der Waals surface area contributed by atoms with Gasteiger partial charge in [0, 0.05) is 0 Å². The van der Waals surface area contributed by atoms with Crippen LogP contribution in [0.1, 0.15) is 13.2 Å². The minimum absolute atomic E-state index is 0.217. The maximum Gasteiger partial charge on any atom is 0.167 e. The molecule has 0 bridgehead atoms. The molecule has 9 nitrogen and oxygen atoms in total. The van der Waals surface area contributed by atoms with E-state index in [1.807, 2.05) is 0 Å². The molecule has 108 valence electrons. The third kappa shape index (κ3) is 1.83. The molecule has 1 aliphatic rings. The van der Waals surface area contributed by atoms with Gasteiger partial charge >= 0.3 is 0 Å². The first kappa shape index (κ1) is 13.2. The van der Waals surface area contributed by atoms with E-state index in [4.69, 9.17) is 10.5 Å². The van der Waals surface area contributed by atoms with Crippen LogP contribution in [0.4, 0.5) is 5.82 Å². The lowest BCUT2D eigenvalue weighted by Gasteiger charge is -2.17. The van der Waals surface area contributed by atoms with Crippen LogP contribution in [0.2, 0.25) is 0 Å². The van der Waals surface area contributed by atoms with Gasteiger partial charge in [-0.05, 0) is 6.92 Å². The molecule has 0 amide bonds. The van der Waals surface area contributed by atoms with Gasteiger partial charge in [-0.1, -0.05) is 0 Å². The van der Waals surface area contributed by atoms with Crippen LogP contribution in [0.15, 0.2) is 12.7 Å². The summed E-state index contributed by atoms with van der Waals surface area (Å²) in [6.45, 7) is 1.48. The average Bonchev–Trinajstić information content (AvgIpc) is 2.94. The number of ether oxygens (including phenoxy) is 1. The Morgan fingerprint density at radius 3 is 2.70 bits per heavy atom. The molecule has 1 saturated heterocycles. The van der Waals surface area contributed by atoms with Crippen LogP contribution < -0.4 is 5.73 Å². The van der Waals surface area contributed by atoms with Crippen molar-refractivity contribution >= 4 is 17.0 Å².